The Kier molecular flexibility index (Phi) is 7.52. The molecule has 174 valence electrons. The van der Waals surface area contributed by atoms with E-state index in [0.717, 1.165) is 30.9 Å². The lowest BCUT2D eigenvalue weighted by Crippen LogP contribution is -2.32. The van der Waals surface area contributed by atoms with E-state index in [1.54, 1.807) is 30.3 Å². The van der Waals surface area contributed by atoms with E-state index in [4.69, 9.17) is 4.74 Å². The average Bonchev–Trinajstić information content (AvgIpc) is 3.60. The number of hydrogen-bond acceptors (Lipinski definition) is 5. The van der Waals surface area contributed by atoms with Crippen molar-refractivity contribution in [2.75, 3.05) is 11.5 Å². The largest absolute Gasteiger partial charge is 0.462 e. The summed E-state index contributed by atoms with van der Waals surface area (Å²) in [6, 6.07) is 8.60. The topological polar surface area (TPSA) is 75.7 Å². The Balaban J connectivity index is 2.14. The number of nitrogens with zero attached hydrogens (tertiary/aromatic N) is 1. The van der Waals surface area contributed by atoms with Crippen molar-refractivity contribution in [3.8, 4) is 0 Å². The van der Waals surface area contributed by atoms with Gasteiger partial charge in [-0.3, -0.25) is 9.59 Å². The zero-order chi connectivity index (χ0) is 24.1. The van der Waals surface area contributed by atoms with Gasteiger partial charge in [-0.2, -0.15) is 0 Å². The first-order valence-electron chi connectivity index (χ1n) is 10.4. The summed E-state index contributed by atoms with van der Waals surface area (Å²) in [5.74, 6) is -7.60. The number of hydrogen-bond donors (Lipinski definition) is 1. The zero-order valence-corrected chi connectivity index (χ0v) is 18.2. The van der Waals surface area contributed by atoms with E-state index in [0.29, 0.717) is 5.56 Å². The van der Waals surface area contributed by atoms with Gasteiger partial charge in [-0.15, -0.1) is 0 Å². The zero-order valence-electron chi connectivity index (χ0n) is 18.2. The predicted octanol–water partition coefficient (Wildman–Crippen LogP) is 4.04. The molecule has 1 saturated carbocycles. The van der Waals surface area contributed by atoms with Crippen molar-refractivity contribution in [1.29, 1.82) is 0 Å². The van der Waals surface area contributed by atoms with Crippen molar-refractivity contribution in [2.45, 2.75) is 39.3 Å². The number of carbonyl (C=O) groups excluding carboxylic acids is 3. The summed E-state index contributed by atoms with van der Waals surface area (Å²) in [5, 5.41) is 2.85. The van der Waals surface area contributed by atoms with Crippen molar-refractivity contribution in [3.63, 3.8) is 0 Å². The number of carbonyl (C=O) groups is 3. The van der Waals surface area contributed by atoms with Crippen LogP contribution < -0.4 is 10.2 Å². The Morgan fingerprint density at radius 1 is 1.12 bits per heavy atom. The van der Waals surface area contributed by atoms with Gasteiger partial charge in [0.2, 0.25) is 11.7 Å². The maximum atomic E-state index is 15.0. The first-order chi connectivity index (χ1) is 15.7. The standard InChI is InChI=1S/C24H23F3N2O4/c1-3-33-24(32)17(12-28-16-9-10-16)23(31)20-18(25)11-19(26)21(27)22(20)29(14(2)30)13-15-7-5-4-6-8-15/h4-8,11-12,16,28H,3,9-10,13H2,1-2H3. The van der Waals surface area contributed by atoms with Crippen LogP contribution in [0.5, 0.6) is 0 Å². The van der Waals surface area contributed by atoms with Crippen LogP contribution in [0.15, 0.2) is 48.2 Å². The first-order valence-corrected chi connectivity index (χ1v) is 10.4. The third-order valence-electron chi connectivity index (χ3n) is 4.99. The van der Waals surface area contributed by atoms with E-state index in [1.165, 1.54) is 6.92 Å². The van der Waals surface area contributed by atoms with Gasteiger partial charge in [0.05, 0.1) is 24.4 Å². The molecule has 2 aromatic carbocycles. The lowest BCUT2D eigenvalue weighted by Gasteiger charge is -2.25. The lowest BCUT2D eigenvalue weighted by molar-refractivity contribution is -0.138. The van der Waals surface area contributed by atoms with Crippen LogP contribution >= 0.6 is 0 Å². The van der Waals surface area contributed by atoms with Crippen LogP contribution in [0.2, 0.25) is 0 Å². The molecule has 1 amide bonds. The van der Waals surface area contributed by atoms with Gasteiger partial charge < -0.3 is 15.0 Å². The first kappa shape index (κ1) is 24.0. The fraction of sp³-hybridized carbons (Fsp3) is 0.292. The summed E-state index contributed by atoms with van der Waals surface area (Å²) >= 11 is 0. The van der Waals surface area contributed by atoms with Crippen LogP contribution in [0.4, 0.5) is 18.9 Å². The Hall–Kier alpha value is -3.62. The van der Waals surface area contributed by atoms with Crippen molar-refractivity contribution in [3.05, 3.63) is 76.7 Å². The average molecular weight is 460 g/mol. The molecular weight excluding hydrogens is 437 g/mol. The van der Waals surface area contributed by atoms with Gasteiger partial charge in [-0.25, -0.2) is 18.0 Å². The van der Waals surface area contributed by atoms with Crippen molar-refractivity contribution >= 4 is 23.3 Å². The molecule has 3 rings (SSSR count). The van der Waals surface area contributed by atoms with Gasteiger partial charge in [-0.05, 0) is 25.3 Å². The highest BCUT2D eigenvalue weighted by Crippen LogP contribution is 2.33. The molecule has 6 nitrogen and oxygen atoms in total. The molecular formula is C24H23F3N2O4. The fourth-order valence-electron chi connectivity index (χ4n) is 3.18. The maximum absolute atomic E-state index is 15.0. The molecule has 2 aromatic rings. The maximum Gasteiger partial charge on any atom is 0.343 e. The number of nitrogens with one attached hydrogen (secondary N) is 1. The Bertz CT molecular complexity index is 1100. The molecule has 0 heterocycles. The monoisotopic (exact) mass is 460 g/mol. The molecule has 0 aliphatic heterocycles. The summed E-state index contributed by atoms with van der Waals surface area (Å²) in [5.41, 5.74) is -1.86. The fourth-order valence-corrected chi connectivity index (χ4v) is 3.18. The predicted molar refractivity (Wildman–Crippen MR) is 115 cm³/mol. The van der Waals surface area contributed by atoms with Crippen LogP contribution in [-0.2, 0) is 20.9 Å². The molecule has 0 aromatic heterocycles. The van der Waals surface area contributed by atoms with E-state index in [1.807, 2.05) is 0 Å². The second-order valence-electron chi connectivity index (χ2n) is 7.52. The van der Waals surface area contributed by atoms with Crippen molar-refractivity contribution in [2.24, 2.45) is 0 Å². The molecule has 1 N–H and O–H groups in total. The smallest absolute Gasteiger partial charge is 0.343 e. The minimum absolute atomic E-state index is 0.0447. The lowest BCUT2D eigenvalue weighted by atomic mass is 9.99. The van der Waals surface area contributed by atoms with Crippen LogP contribution in [0.3, 0.4) is 0 Å². The highest BCUT2D eigenvalue weighted by Gasteiger charge is 2.34. The molecule has 33 heavy (non-hydrogen) atoms. The summed E-state index contributed by atoms with van der Waals surface area (Å²) in [4.78, 5) is 38.9. The number of esters is 1. The second kappa shape index (κ2) is 10.3. The van der Waals surface area contributed by atoms with Gasteiger partial charge in [0.15, 0.2) is 11.6 Å². The van der Waals surface area contributed by atoms with Gasteiger partial charge >= 0.3 is 5.97 Å². The van der Waals surface area contributed by atoms with E-state index in [9.17, 15) is 23.2 Å². The number of rotatable bonds is 9. The molecule has 1 aliphatic rings. The van der Waals surface area contributed by atoms with E-state index in [-0.39, 0.29) is 25.3 Å². The van der Waals surface area contributed by atoms with Gasteiger partial charge in [0, 0.05) is 25.2 Å². The Labute approximate surface area is 189 Å². The Morgan fingerprint density at radius 3 is 2.36 bits per heavy atom. The van der Waals surface area contributed by atoms with Crippen LogP contribution in [0.25, 0.3) is 0 Å². The number of benzene rings is 2. The molecule has 1 aliphatic carbocycles. The molecule has 1 fully saturated rings. The summed E-state index contributed by atoms with van der Waals surface area (Å²) in [6.45, 7) is 2.29. The van der Waals surface area contributed by atoms with Crippen LogP contribution in [0.1, 0.15) is 42.6 Å². The number of anilines is 1. The molecule has 9 heteroatoms. The minimum atomic E-state index is -1.58. The molecule has 0 saturated heterocycles. The molecule has 0 spiro atoms. The molecule has 0 bridgehead atoms. The normalized spacial score (nSPS) is 13.4. The number of halogens is 3. The van der Waals surface area contributed by atoms with Gasteiger partial charge in [0.25, 0.3) is 0 Å². The van der Waals surface area contributed by atoms with Gasteiger partial charge in [-0.1, -0.05) is 30.3 Å². The summed E-state index contributed by atoms with van der Waals surface area (Å²) < 4.78 is 49.1. The molecule has 0 unspecified atom stereocenters. The molecule has 0 atom stereocenters. The molecule has 0 radical (unpaired) electrons. The second-order valence-corrected chi connectivity index (χ2v) is 7.52. The van der Waals surface area contributed by atoms with Crippen LogP contribution in [0, 0.1) is 17.5 Å². The van der Waals surface area contributed by atoms with Crippen LogP contribution in [-0.4, -0.2) is 30.3 Å². The van der Waals surface area contributed by atoms with E-state index in [2.05, 4.69) is 5.32 Å². The van der Waals surface area contributed by atoms with E-state index < -0.39 is 51.9 Å². The summed E-state index contributed by atoms with van der Waals surface area (Å²) in [6.07, 6.45) is 2.74. The highest BCUT2D eigenvalue weighted by atomic mass is 19.2. The summed E-state index contributed by atoms with van der Waals surface area (Å²) in [7, 11) is 0. The number of Topliss-reactive ketones (excluding diaryl/α,β-unsaturated/α-hetero) is 1. The number of ketones is 1. The highest BCUT2D eigenvalue weighted by molar-refractivity contribution is 6.26. The van der Waals surface area contributed by atoms with Gasteiger partial charge in [0.1, 0.15) is 11.4 Å². The van der Waals surface area contributed by atoms with E-state index >= 15 is 4.39 Å². The van der Waals surface area contributed by atoms with Crippen molar-refractivity contribution in [1.82, 2.24) is 5.32 Å². The number of ether oxygens (including phenoxy) is 1. The third kappa shape index (κ3) is 5.60. The third-order valence-corrected chi connectivity index (χ3v) is 4.99. The SMILES string of the molecule is CCOC(=O)C(=CNC1CC1)C(=O)c1c(F)cc(F)c(F)c1N(Cc1ccccc1)C(C)=O. The number of amides is 1. The Morgan fingerprint density at radius 2 is 1.79 bits per heavy atom. The van der Waals surface area contributed by atoms with Crippen molar-refractivity contribution < 1.29 is 32.3 Å². The minimum Gasteiger partial charge on any atom is -0.462 e. The quantitative estimate of drug-likeness (QED) is 0.153.